The van der Waals surface area contributed by atoms with Gasteiger partial charge in [-0.25, -0.2) is 10.2 Å². The summed E-state index contributed by atoms with van der Waals surface area (Å²) in [6.45, 7) is 0. The smallest absolute Gasteiger partial charge is 0.356 e. The van der Waals surface area contributed by atoms with Crippen molar-refractivity contribution in [3.63, 3.8) is 0 Å². The molecule has 2 N–H and O–H groups in total. The van der Waals surface area contributed by atoms with Crippen molar-refractivity contribution in [3.05, 3.63) is 66.1 Å². The summed E-state index contributed by atoms with van der Waals surface area (Å²) in [5.41, 5.74) is 1.06. The molecule has 0 aliphatic rings. The lowest BCUT2D eigenvalue weighted by Gasteiger charge is -2.22. The van der Waals surface area contributed by atoms with Crippen LogP contribution in [0.5, 0.6) is 0 Å². The summed E-state index contributed by atoms with van der Waals surface area (Å²) in [5.74, 6) is 5.93. The number of anilines is 1. The number of hydrogen-bond donors (Lipinski definition) is 1. The van der Waals surface area contributed by atoms with Crippen molar-refractivity contribution in [2.75, 3.05) is 5.01 Å². The second kappa shape index (κ2) is 7.33. The molecule has 130 valence electrons. The molecule has 0 bridgehead atoms. The molecule has 1 unspecified atom stereocenters. The number of aromatic nitrogens is 1. The molecule has 3 rings (SSSR count). The fourth-order valence-electron chi connectivity index (χ4n) is 2.38. The molecule has 1 aromatic heterocycles. The Kier molecular flexibility index (Phi) is 4.95. The van der Waals surface area contributed by atoms with E-state index in [1.165, 1.54) is 54.6 Å². The van der Waals surface area contributed by atoms with Gasteiger partial charge in [0.2, 0.25) is 0 Å². The first kappa shape index (κ1) is 17.6. The molecule has 5 nitrogen and oxygen atoms in total. The van der Waals surface area contributed by atoms with Crippen LogP contribution in [0.15, 0.2) is 59.1 Å². The first-order chi connectivity index (χ1) is 12.5. The van der Waals surface area contributed by atoms with Gasteiger partial charge in [-0.3, -0.25) is 13.6 Å². The highest BCUT2D eigenvalue weighted by Crippen LogP contribution is 2.27. The molecule has 1 heterocycles. The maximum Gasteiger partial charge on any atom is 0.571 e. The van der Waals surface area contributed by atoms with Crippen molar-refractivity contribution >= 4 is 18.4 Å². The minimum atomic E-state index is -2.59. The predicted octanol–water partition coefficient (Wildman–Crippen LogP) is 3.06. The van der Waals surface area contributed by atoms with Gasteiger partial charge < -0.3 is 4.52 Å². The normalized spacial score (nSPS) is 11.7. The van der Waals surface area contributed by atoms with Gasteiger partial charge in [0, 0.05) is 11.6 Å². The van der Waals surface area contributed by atoms with Crippen molar-refractivity contribution in [3.8, 4) is 17.4 Å². The Bertz CT molecular complexity index is 922. The van der Waals surface area contributed by atoms with Gasteiger partial charge in [0.25, 0.3) is 0 Å². The molecule has 0 radical (unpaired) electrons. The number of nitriles is 1. The third kappa shape index (κ3) is 3.55. The zero-order valence-electron chi connectivity index (χ0n) is 13.3. The fourth-order valence-corrected chi connectivity index (χ4v) is 2.38. The topological polar surface area (TPSA) is 79.1 Å². The van der Waals surface area contributed by atoms with Crippen LogP contribution in [0.25, 0.3) is 11.3 Å². The van der Waals surface area contributed by atoms with E-state index in [1.807, 2.05) is 6.07 Å². The summed E-state index contributed by atoms with van der Waals surface area (Å²) in [4.78, 5) is 0. The summed E-state index contributed by atoms with van der Waals surface area (Å²) in [6.07, 6.45) is 0. The highest BCUT2D eigenvalue weighted by molar-refractivity contribution is 6.59. The van der Waals surface area contributed by atoms with E-state index in [-0.39, 0.29) is 17.0 Å². The van der Waals surface area contributed by atoms with Crippen molar-refractivity contribution in [2.45, 2.75) is 6.04 Å². The molecule has 0 aliphatic heterocycles. The van der Waals surface area contributed by atoms with E-state index in [0.717, 1.165) is 5.01 Å². The summed E-state index contributed by atoms with van der Waals surface area (Å²) in [7, 11) is -2.59. The van der Waals surface area contributed by atoms with Gasteiger partial charge in [-0.1, -0.05) is 17.3 Å². The number of nitrogens with two attached hydrogens (primary N) is 1. The quantitative estimate of drug-likeness (QED) is 0.432. The second-order valence-corrected chi connectivity index (χ2v) is 5.45. The van der Waals surface area contributed by atoms with Crippen LogP contribution >= 0.6 is 0 Å². The number of rotatable bonds is 5. The fraction of sp³-hybridized carbons (Fsp3) is 0.0588. The van der Waals surface area contributed by atoms with Crippen molar-refractivity contribution in [2.24, 2.45) is 5.84 Å². The van der Waals surface area contributed by atoms with E-state index in [4.69, 9.17) is 10.4 Å². The third-order valence-corrected chi connectivity index (χ3v) is 3.78. The Morgan fingerprint density at radius 1 is 1.12 bits per heavy atom. The van der Waals surface area contributed by atoms with Crippen LogP contribution in [0.2, 0.25) is 0 Å². The Hall–Kier alpha value is -3.25. The predicted molar refractivity (Wildman–Crippen MR) is 91.0 cm³/mol. The maximum atomic E-state index is 13.0. The molecule has 0 aliphatic carbocycles. The third-order valence-electron chi connectivity index (χ3n) is 3.78. The van der Waals surface area contributed by atoms with Gasteiger partial charge in [-0.2, -0.15) is 5.26 Å². The zero-order valence-corrected chi connectivity index (χ0v) is 13.3. The molecule has 0 amide bonds. The molecule has 0 saturated carbocycles. The minimum Gasteiger partial charge on any atom is -0.356 e. The van der Waals surface area contributed by atoms with Crippen LogP contribution < -0.4 is 16.3 Å². The second-order valence-electron chi connectivity index (χ2n) is 5.45. The first-order valence-electron chi connectivity index (χ1n) is 7.54. The molecular formula is C17H12BF3N4O. The molecular weight excluding hydrogens is 344 g/mol. The summed E-state index contributed by atoms with van der Waals surface area (Å²) in [6, 6.07) is 13.4. The largest absolute Gasteiger partial charge is 0.571 e. The van der Waals surface area contributed by atoms with Crippen LogP contribution in [0.1, 0.15) is 11.7 Å². The Morgan fingerprint density at radius 2 is 1.77 bits per heavy atom. The average molecular weight is 356 g/mol. The van der Waals surface area contributed by atoms with Crippen molar-refractivity contribution in [1.82, 2.24) is 5.16 Å². The maximum absolute atomic E-state index is 13.0. The van der Waals surface area contributed by atoms with Gasteiger partial charge in [-0.15, -0.1) is 0 Å². The molecule has 1 atom stereocenters. The standard InChI is InChI=1S/C17H12BF3N4O/c19-13-5-1-11(2-6-13)17-9-15(24-26-17)16(10-22)25(23)14-7-3-12(4-8-14)18(20)21/h1-9,16H,23H2. The molecule has 26 heavy (non-hydrogen) atoms. The highest BCUT2D eigenvalue weighted by atomic mass is 19.2. The lowest BCUT2D eigenvalue weighted by atomic mass is 9.86. The molecule has 3 aromatic rings. The number of hydrogen-bond acceptors (Lipinski definition) is 5. The van der Waals surface area contributed by atoms with Gasteiger partial charge in [0.05, 0.1) is 11.8 Å². The number of halogens is 3. The van der Waals surface area contributed by atoms with Gasteiger partial charge in [-0.05, 0) is 41.9 Å². The molecule has 9 heteroatoms. The molecule has 0 spiro atoms. The lowest BCUT2D eigenvalue weighted by Crippen LogP contribution is -2.35. The van der Waals surface area contributed by atoms with E-state index in [1.54, 1.807) is 0 Å². The number of hydrazine groups is 1. The van der Waals surface area contributed by atoms with Crippen molar-refractivity contribution < 1.29 is 17.5 Å². The monoisotopic (exact) mass is 356 g/mol. The zero-order chi connectivity index (χ0) is 18.7. The van der Waals surface area contributed by atoms with Crippen molar-refractivity contribution in [1.29, 1.82) is 5.26 Å². The first-order valence-corrected chi connectivity index (χ1v) is 7.54. The van der Waals surface area contributed by atoms with E-state index < -0.39 is 13.3 Å². The van der Waals surface area contributed by atoms with E-state index in [0.29, 0.717) is 17.0 Å². The average Bonchev–Trinajstić information content (AvgIpc) is 3.12. The number of benzene rings is 2. The molecule has 2 aromatic carbocycles. The van der Waals surface area contributed by atoms with Crippen LogP contribution in [0, 0.1) is 17.1 Å². The lowest BCUT2D eigenvalue weighted by molar-refractivity contribution is 0.420. The van der Waals surface area contributed by atoms with Gasteiger partial charge in [0.15, 0.2) is 11.8 Å². The summed E-state index contributed by atoms with van der Waals surface area (Å²) >= 11 is 0. The van der Waals surface area contributed by atoms with Gasteiger partial charge in [0.1, 0.15) is 11.5 Å². The van der Waals surface area contributed by atoms with Crippen LogP contribution in [-0.2, 0) is 0 Å². The molecule has 0 fully saturated rings. The Labute approximate surface area is 147 Å². The number of nitrogens with zero attached hydrogens (tertiary/aromatic N) is 3. The molecule has 0 saturated heterocycles. The van der Waals surface area contributed by atoms with E-state index in [9.17, 15) is 18.3 Å². The highest BCUT2D eigenvalue weighted by Gasteiger charge is 2.23. The van der Waals surface area contributed by atoms with Crippen LogP contribution in [-0.4, -0.2) is 12.4 Å². The summed E-state index contributed by atoms with van der Waals surface area (Å²) < 4.78 is 43.5. The summed E-state index contributed by atoms with van der Waals surface area (Å²) in [5, 5.41) is 14.4. The SMILES string of the molecule is N#CC(c1cc(-c2ccc(F)cc2)on1)N(N)c1ccc(B(F)F)cc1. The Balaban J connectivity index is 1.84. The minimum absolute atomic E-state index is 0.143. The van der Waals surface area contributed by atoms with Crippen LogP contribution in [0.3, 0.4) is 0 Å². The van der Waals surface area contributed by atoms with Gasteiger partial charge >= 0.3 is 7.27 Å². The Morgan fingerprint density at radius 3 is 2.35 bits per heavy atom. The van der Waals surface area contributed by atoms with E-state index >= 15 is 0 Å². The van der Waals surface area contributed by atoms with Crippen LogP contribution in [0.4, 0.5) is 18.7 Å². The van der Waals surface area contributed by atoms with E-state index in [2.05, 4.69) is 5.16 Å².